The van der Waals surface area contributed by atoms with Gasteiger partial charge in [-0.15, -0.1) is 0 Å². The normalized spacial score (nSPS) is 10.7. The van der Waals surface area contributed by atoms with E-state index in [0.717, 1.165) is 11.3 Å². The van der Waals surface area contributed by atoms with E-state index < -0.39 is 0 Å². The van der Waals surface area contributed by atoms with Crippen molar-refractivity contribution in [1.82, 2.24) is 14.7 Å². The first-order valence-electron chi connectivity index (χ1n) is 8.18. The summed E-state index contributed by atoms with van der Waals surface area (Å²) in [6.45, 7) is 1.28. The lowest BCUT2D eigenvalue weighted by molar-refractivity contribution is -0.135. The van der Waals surface area contributed by atoms with Gasteiger partial charge in [0.15, 0.2) is 0 Å². The Bertz CT molecular complexity index is 668. The Hall–Kier alpha value is -2.60. The van der Waals surface area contributed by atoms with Crippen molar-refractivity contribution in [3.63, 3.8) is 0 Å². The number of carbonyl (C=O) groups excluding carboxylic acids is 2. The third kappa shape index (κ3) is 6.08. The fraction of sp³-hybridized carbons (Fsp3) is 0.368. The molecule has 6 heteroatoms. The molecule has 6 nitrogen and oxygen atoms in total. The summed E-state index contributed by atoms with van der Waals surface area (Å²) in [6, 6.07) is 13.5. The summed E-state index contributed by atoms with van der Waals surface area (Å²) >= 11 is 0. The van der Waals surface area contributed by atoms with E-state index in [1.165, 1.54) is 4.90 Å². The van der Waals surface area contributed by atoms with Gasteiger partial charge in [-0.1, -0.05) is 30.3 Å². The molecule has 2 aromatic rings. The minimum Gasteiger partial charge on any atom is -0.467 e. The topological polar surface area (TPSA) is 57.0 Å². The first-order chi connectivity index (χ1) is 12.0. The second kappa shape index (κ2) is 9.03. The van der Waals surface area contributed by atoms with Gasteiger partial charge in [0.1, 0.15) is 5.76 Å². The summed E-state index contributed by atoms with van der Waals surface area (Å²) in [5.41, 5.74) is 1.05. The molecule has 25 heavy (non-hydrogen) atoms. The minimum absolute atomic E-state index is 0.0315. The van der Waals surface area contributed by atoms with Crippen LogP contribution in [-0.4, -0.2) is 60.7 Å². The fourth-order valence-electron chi connectivity index (χ4n) is 2.39. The van der Waals surface area contributed by atoms with Gasteiger partial charge in [0.2, 0.25) is 11.8 Å². The molecule has 0 fully saturated rings. The van der Waals surface area contributed by atoms with E-state index >= 15 is 0 Å². The largest absolute Gasteiger partial charge is 0.467 e. The first-order valence-corrected chi connectivity index (χ1v) is 8.18. The maximum absolute atomic E-state index is 12.8. The summed E-state index contributed by atoms with van der Waals surface area (Å²) < 4.78 is 5.38. The van der Waals surface area contributed by atoms with E-state index in [0.29, 0.717) is 13.1 Å². The molecule has 0 bridgehead atoms. The van der Waals surface area contributed by atoms with Gasteiger partial charge in [0.25, 0.3) is 0 Å². The van der Waals surface area contributed by atoms with Gasteiger partial charge in [-0.3, -0.25) is 14.5 Å². The molecule has 0 saturated carbocycles. The van der Waals surface area contributed by atoms with Gasteiger partial charge in [0, 0.05) is 20.6 Å². The molecular weight excluding hydrogens is 318 g/mol. The van der Waals surface area contributed by atoms with Crippen LogP contribution < -0.4 is 0 Å². The van der Waals surface area contributed by atoms with Crippen LogP contribution in [-0.2, 0) is 22.7 Å². The number of hydrogen-bond donors (Lipinski definition) is 0. The molecule has 0 aliphatic rings. The highest BCUT2D eigenvalue weighted by molar-refractivity contribution is 5.81. The maximum Gasteiger partial charge on any atom is 0.237 e. The van der Waals surface area contributed by atoms with Crippen LogP contribution in [0.15, 0.2) is 53.1 Å². The van der Waals surface area contributed by atoms with Crippen LogP contribution in [0.3, 0.4) is 0 Å². The molecule has 0 atom stereocenters. The van der Waals surface area contributed by atoms with E-state index in [1.807, 2.05) is 42.5 Å². The van der Waals surface area contributed by atoms with Crippen molar-refractivity contribution in [2.75, 3.05) is 34.2 Å². The maximum atomic E-state index is 12.8. The lowest BCUT2D eigenvalue weighted by Gasteiger charge is -2.25. The van der Waals surface area contributed by atoms with Crippen molar-refractivity contribution < 1.29 is 14.0 Å². The van der Waals surface area contributed by atoms with Crippen molar-refractivity contribution >= 4 is 11.8 Å². The zero-order chi connectivity index (χ0) is 18.2. The molecule has 2 amide bonds. The Morgan fingerprint density at radius 2 is 1.56 bits per heavy atom. The summed E-state index contributed by atoms with van der Waals surface area (Å²) in [7, 11) is 5.18. The number of furan rings is 1. The third-order valence-electron chi connectivity index (χ3n) is 3.80. The van der Waals surface area contributed by atoms with Crippen LogP contribution in [0.4, 0.5) is 0 Å². The second-order valence-electron chi connectivity index (χ2n) is 6.28. The zero-order valence-electron chi connectivity index (χ0n) is 15.0. The van der Waals surface area contributed by atoms with E-state index in [-0.39, 0.29) is 24.9 Å². The molecule has 0 saturated heterocycles. The fourth-order valence-corrected chi connectivity index (χ4v) is 2.39. The smallest absolute Gasteiger partial charge is 0.237 e. The predicted molar refractivity (Wildman–Crippen MR) is 95.6 cm³/mol. The Kier molecular flexibility index (Phi) is 6.77. The van der Waals surface area contributed by atoms with Crippen LogP contribution in [0.2, 0.25) is 0 Å². The highest BCUT2D eigenvalue weighted by atomic mass is 16.3. The van der Waals surface area contributed by atoms with Crippen molar-refractivity contribution in [2.24, 2.45) is 0 Å². The van der Waals surface area contributed by atoms with Crippen LogP contribution in [0.25, 0.3) is 0 Å². The van der Waals surface area contributed by atoms with Gasteiger partial charge in [0.05, 0.1) is 25.9 Å². The quantitative estimate of drug-likeness (QED) is 0.734. The number of benzene rings is 1. The van der Waals surface area contributed by atoms with E-state index in [1.54, 1.807) is 37.2 Å². The summed E-state index contributed by atoms with van der Waals surface area (Å²) in [5, 5.41) is 0. The molecule has 0 spiro atoms. The van der Waals surface area contributed by atoms with E-state index in [2.05, 4.69) is 0 Å². The molecule has 0 aliphatic heterocycles. The van der Waals surface area contributed by atoms with Crippen LogP contribution in [0.5, 0.6) is 0 Å². The van der Waals surface area contributed by atoms with Gasteiger partial charge >= 0.3 is 0 Å². The van der Waals surface area contributed by atoms with Crippen molar-refractivity contribution in [2.45, 2.75) is 13.1 Å². The molecule has 0 aliphatic carbocycles. The number of amides is 2. The van der Waals surface area contributed by atoms with Crippen LogP contribution in [0, 0.1) is 0 Å². The number of rotatable bonds is 8. The molecule has 1 aromatic carbocycles. The third-order valence-corrected chi connectivity index (χ3v) is 3.80. The molecular formula is C19H25N3O3. The van der Waals surface area contributed by atoms with Gasteiger partial charge in [-0.25, -0.2) is 0 Å². The summed E-state index contributed by atoms with van der Waals surface area (Å²) in [6.07, 6.45) is 1.60. The number of carbonyl (C=O) groups is 2. The average molecular weight is 343 g/mol. The summed E-state index contributed by atoms with van der Waals surface area (Å²) in [4.78, 5) is 29.5. The van der Waals surface area contributed by atoms with Crippen molar-refractivity contribution in [1.29, 1.82) is 0 Å². The lowest BCUT2D eigenvalue weighted by atomic mass is 10.2. The Morgan fingerprint density at radius 3 is 2.16 bits per heavy atom. The predicted octanol–water partition coefficient (Wildman–Crippen LogP) is 1.83. The van der Waals surface area contributed by atoms with Gasteiger partial charge in [-0.05, 0) is 24.7 Å². The molecule has 134 valence electrons. The number of nitrogens with zero attached hydrogens (tertiary/aromatic N) is 3. The molecule has 1 aromatic heterocycles. The van der Waals surface area contributed by atoms with Gasteiger partial charge < -0.3 is 14.2 Å². The zero-order valence-corrected chi connectivity index (χ0v) is 15.0. The highest BCUT2D eigenvalue weighted by Crippen LogP contribution is 2.11. The Labute approximate surface area is 148 Å². The van der Waals surface area contributed by atoms with E-state index in [9.17, 15) is 9.59 Å². The average Bonchev–Trinajstić information content (AvgIpc) is 3.08. The molecule has 0 N–H and O–H groups in total. The van der Waals surface area contributed by atoms with Crippen molar-refractivity contribution in [3.05, 3.63) is 60.1 Å². The van der Waals surface area contributed by atoms with E-state index in [4.69, 9.17) is 4.42 Å². The molecule has 0 radical (unpaired) electrons. The Balaban J connectivity index is 2.02. The SMILES string of the molecule is CN(CC(=O)N(C)C)CC(=O)N(Cc1ccccc1)Cc1ccco1. The van der Waals surface area contributed by atoms with Crippen molar-refractivity contribution in [3.8, 4) is 0 Å². The molecule has 0 unspecified atom stereocenters. The summed E-state index contributed by atoms with van der Waals surface area (Å²) in [5.74, 6) is 0.654. The number of hydrogen-bond acceptors (Lipinski definition) is 4. The monoisotopic (exact) mass is 343 g/mol. The second-order valence-corrected chi connectivity index (χ2v) is 6.28. The standard InChI is InChI=1S/C19H25N3O3/c1-20(2)18(23)14-21(3)15-19(24)22(13-17-10-7-11-25-17)12-16-8-5-4-6-9-16/h4-11H,12-15H2,1-3H3. The number of likely N-dealkylation sites (N-methyl/N-ethyl adjacent to an activating group) is 2. The minimum atomic E-state index is -0.0469. The lowest BCUT2D eigenvalue weighted by Crippen LogP contribution is -2.42. The van der Waals surface area contributed by atoms with Gasteiger partial charge in [-0.2, -0.15) is 0 Å². The highest BCUT2D eigenvalue weighted by Gasteiger charge is 2.19. The molecule has 1 heterocycles. The Morgan fingerprint density at radius 1 is 0.880 bits per heavy atom. The molecule has 2 rings (SSSR count). The van der Waals surface area contributed by atoms with Crippen LogP contribution >= 0.6 is 0 Å². The van der Waals surface area contributed by atoms with Crippen LogP contribution in [0.1, 0.15) is 11.3 Å². The first kappa shape index (κ1) is 18.7.